The number of halogens is 1. The number of furan rings is 1. The molecule has 0 atom stereocenters. The van der Waals surface area contributed by atoms with Crippen molar-refractivity contribution in [3.63, 3.8) is 0 Å². The molecule has 2 amide bonds. The first-order valence-corrected chi connectivity index (χ1v) is 10.7. The molecule has 0 saturated carbocycles. The van der Waals surface area contributed by atoms with Gasteiger partial charge in [-0.25, -0.2) is 8.42 Å². The van der Waals surface area contributed by atoms with Crippen LogP contribution in [0.15, 0.2) is 74.8 Å². The van der Waals surface area contributed by atoms with Gasteiger partial charge in [-0.1, -0.05) is 6.07 Å². The van der Waals surface area contributed by atoms with Crippen LogP contribution in [0.5, 0.6) is 5.75 Å². The van der Waals surface area contributed by atoms with Crippen LogP contribution >= 0.6 is 15.9 Å². The average Bonchev–Trinajstić information content (AvgIpc) is 3.18. The van der Waals surface area contributed by atoms with Crippen LogP contribution in [-0.4, -0.2) is 27.3 Å². The zero-order valence-electron chi connectivity index (χ0n) is 15.5. The fraction of sp³-hybridized carbons (Fsp3) is 0.0526. The zero-order chi connectivity index (χ0) is 21.7. The normalized spacial score (nSPS) is 10.9. The third kappa shape index (κ3) is 5.19. The van der Waals surface area contributed by atoms with Crippen LogP contribution in [0.4, 0.5) is 5.69 Å². The fourth-order valence-electron chi connectivity index (χ4n) is 2.36. The Hall–Kier alpha value is -3.31. The zero-order valence-corrected chi connectivity index (χ0v) is 17.9. The fourth-order valence-corrected chi connectivity index (χ4v) is 3.81. The predicted octanol–water partition coefficient (Wildman–Crippen LogP) is 2.93. The number of nitrogens with one attached hydrogen (secondary N) is 3. The number of anilines is 1. The third-order valence-corrected chi connectivity index (χ3v) is 5.66. The number of rotatable bonds is 6. The molecule has 30 heavy (non-hydrogen) atoms. The molecule has 0 aliphatic heterocycles. The van der Waals surface area contributed by atoms with E-state index in [-0.39, 0.29) is 16.0 Å². The van der Waals surface area contributed by atoms with Gasteiger partial charge in [0.2, 0.25) is 0 Å². The van der Waals surface area contributed by atoms with Gasteiger partial charge in [-0.3, -0.25) is 25.2 Å². The van der Waals surface area contributed by atoms with Crippen molar-refractivity contribution in [3.8, 4) is 5.75 Å². The Labute approximate surface area is 180 Å². The van der Waals surface area contributed by atoms with Crippen molar-refractivity contribution in [2.45, 2.75) is 4.90 Å². The molecule has 2 aromatic carbocycles. The van der Waals surface area contributed by atoms with Crippen molar-refractivity contribution in [3.05, 3.63) is 76.7 Å². The minimum atomic E-state index is -3.94. The Morgan fingerprint density at radius 1 is 0.967 bits per heavy atom. The van der Waals surface area contributed by atoms with Gasteiger partial charge in [0, 0.05) is 17.3 Å². The van der Waals surface area contributed by atoms with E-state index in [0.29, 0.717) is 16.1 Å². The van der Waals surface area contributed by atoms with Crippen LogP contribution in [0.3, 0.4) is 0 Å². The Morgan fingerprint density at radius 3 is 2.23 bits per heavy atom. The minimum Gasteiger partial charge on any atom is -0.497 e. The first-order chi connectivity index (χ1) is 14.3. The number of amides is 2. The lowest BCUT2D eigenvalue weighted by atomic mass is 10.2. The Morgan fingerprint density at radius 2 is 1.63 bits per heavy atom. The topological polar surface area (TPSA) is 127 Å². The van der Waals surface area contributed by atoms with E-state index >= 15 is 0 Å². The molecular formula is C19H16BrN3O6S. The molecule has 0 spiro atoms. The molecule has 0 unspecified atom stereocenters. The number of hydrogen-bond acceptors (Lipinski definition) is 6. The van der Waals surface area contributed by atoms with E-state index in [1.807, 2.05) is 0 Å². The molecule has 0 aliphatic rings. The summed E-state index contributed by atoms with van der Waals surface area (Å²) in [5.74, 6) is -0.698. The van der Waals surface area contributed by atoms with E-state index in [4.69, 9.17) is 9.15 Å². The molecule has 0 radical (unpaired) electrons. The Kier molecular flexibility index (Phi) is 6.43. The number of methoxy groups -OCH3 is 1. The van der Waals surface area contributed by atoms with E-state index < -0.39 is 21.8 Å². The number of hydrogen-bond donors (Lipinski definition) is 3. The second-order valence-corrected chi connectivity index (χ2v) is 8.37. The second kappa shape index (κ2) is 9.01. The van der Waals surface area contributed by atoms with Crippen molar-refractivity contribution < 1.29 is 27.2 Å². The van der Waals surface area contributed by atoms with Crippen molar-refractivity contribution in [2.75, 3.05) is 11.8 Å². The van der Waals surface area contributed by atoms with Crippen molar-refractivity contribution in [1.82, 2.24) is 10.9 Å². The molecule has 0 aliphatic carbocycles. The maximum atomic E-state index is 12.6. The third-order valence-electron chi connectivity index (χ3n) is 3.87. The minimum absolute atomic E-state index is 0.0429. The highest BCUT2D eigenvalue weighted by molar-refractivity contribution is 9.10. The van der Waals surface area contributed by atoms with E-state index in [2.05, 4.69) is 31.5 Å². The van der Waals surface area contributed by atoms with Gasteiger partial charge < -0.3 is 9.15 Å². The Balaban J connectivity index is 1.69. The summed E-state index contributed by atoms with van der Waals surface area (Å²) in [7, 11) is -2.43. The number of carbonyl (C=O) groups excluding carboxylic acids is 2. The smallest absolute Gasteiger partial charge is 0.272 e. The van der Waals surface area contributed by atoms with Crippen LogP contribution < -0.4 is 20.3 Å². The summed E-state index contributed by atoms with van der Waals surface area (Å²) >= 11 is 3.07. The molecule has 1 heterocycles. The molecule has 156 valence electrons. The summed E-state index contributed by atoms with van der Waals surface area (Å²) in [6, 6.07) is 13.2. The number of carbonyl (C=O) groups is 2. The lowest BCUT2D eigenvalue weighted by Gasteiger charge is -2.10. The number of sulfonamides is 1. The van der Waals surface area contributed by atoms with Crippen LogP contribution in [0, 0.1) is 0 Å². The molecule has 0 saturated heterocycles. The van der Waals surface area contributed by atoms with Crippen LogP contribution in [0.1, 0.15) is 20.7 Å². The van der Waals surface area contributed by atoms with Gasteiger partial charge in [0.25, 0.3) is 21.8 Å². The Bertz CT molecular complexity index is 1170. The van der Waals surface area contributed by atoms with Gasteiger partial charge in [0.15, 0.2) is 4.67 Å². The number of ether oxygens (including phenoxy) is 1. The lowest BCUT2D eigenvalue weighted by molar-refractivity contribution is 0.0846. The summed E-state index contributed by atoms with van der Waals surface area (Å²) in [5, 5.41) is 0. The highest BCUT2D eigenvalue weighted by Gasteiger charge is 2.17. The molecule has 3 rings (SSSR count). The standard InChI is InChI=1S/C19H16BrN3O6S/c1-28-15-7-5-14(6-8-15)23-30(26,27)16-4-2-3-12(9-16)18(24)21-22-19(25)13-10-17(20)29-11-13/h2-11,23H,1H3,(H,21,24)(H,22,25). The molecule has 3 N–H and O–H groups in total. The first-order valence-electron chi connectivity index (χ1n) is 8.40. The molecule has 0 bridgehead atoms. The molecular weight excluding hydrogens is 478 g/mol. The monoisotopic (exact) mass is 493 g/mol. The van der Waals surface area contributed by atoms with Crippen LogP contribution in [-0.2, 0) is 10.0 Å². The largest absolute Gasteiger partial charge is 0.497 e. The summed E-state index contributed by atoms with van der Waals surface area (Å²) < 4.78 is 38.0. The van der Waals surface area contributed by atoms with Gasteiger partial charge in [-0.2, -0.15) is 0 Å². The highest BCUT2D eigenvalue weighted by Crippen LogP contribution is 2.20. The molecule has 0 fully saturated rings. The predicted molar refractivity (Wildman–Crippen MR) is 112 cm³/mol. The lowest BCUT2D eigenvalue weighted by Crippen LogP contribution is -2.41. The van der Waals surface area contributed by atoms with Crippen LogP contribution in [0.2, 0.25) is 0 Å². The van der Waals surface area contributed by atoms with E-state index in [1.165, 1.54) is 43.7 Å². The number of benzene rings is 2. The molecule has 1 aromatic heterocycles. The van der Waals surface area contributed by atoms with Gasteiger partial charge in [-0.15, -0.1) is 0 Å². The van der Waals surface area contributed by atoms with Gasteiger partial charge in [0.05, 0.1) is 17.6 Å². The van der Waals surface area contributed by atoms with Crippen molar-refractivity contribution in [2.24, 2.45) is 0 Å². The summed E-state index contributed by atoms with van der Waals surface area (Å²) in [5.41, 5.74) is 5.02. The van der Waals surface area contributed by atoms with E-state index in [9.17, 15) is 18.0 Å². The molecule has 11 heteroatoms. The second-order valence-electron chi connectivity index (χ2n) is 5.91. The summed E-state index contributed by atoms with van der Waals surface area (Å²) in [6.45, 7) is 0. The maximum absolute atomic E-state index is 12.6. The van der Waals surface area contributed by atoms with E-state index in [1.54, 1.807) is 24.3 Å². The number of hydrazine groups is 1. The van der Waals surface area contributed by atoms with Gasteiger partial charge in [0.1, 0.15) is 12.0 Å². The summed E-state index contributed by atoms with van der Waals surface area (Å²) in [6.07, 6.45) is 1.21. The van der Waals surface area contributed by atoms with Gasteiger partial charge in [-0.05, 0) is 58.4 Å². The maximum Gasteiger partial charge on any atom is 0.272 e. The first kappa shape index (κ1) is 21.4. The summed E-state index contributed by atoms with van der Waals surface area (Å²) in [4.78, 5) is 24.1. The highest BCUT2D eigenvalue weighted by atomic mass is 79.9. The molecule has 3 aromatic rings. The molecule has 9 nitrogen and oxygen atoms in total. The average molecular weight is 494 g/mol. The van der Waals surface area contributed by atoms with Crippen LogP contribution in [0.25, 0.3) is 0 Å². The van der Waals surface area contributed by atoms with Crippen molar-refractivity contribution >= 4 is 43.5 Å². The van der Waals surface area contributed by atoms with Gasteiger partial charge >= 0.3 is 0 Å². The SMILES string of the molecule is COc1ccc(NS(=O)(=O)c2cccc(C(=O)NNC(=O)c3coc(Br)c3)c2)cc1. The van der Waals surface area contributed by atoms with Crippen molar-refractivity contribution in [1.29, 1.82) is 0 Å². The quantitative estimate of drug-likeness (QED) is 0.453. The van der Waals surface area contributed by atoms with E-state index in [0.717, 1.165) is 0 Å².